The number of unbranched alkanes of at least 4 members (excludes halogenated alkanes) is 7. The molecule has 146 valence electrons. The predicted molar refractivity (Wildman–Crippen MR) is 96.2 cm³/mol. The van der Waals surface area contributed by atoms with Gasteiger partial charge >= 0.3 is 6.18 Å². The third-order valence-electron chi connectivity index (χ3n) is 3.96. The quantitative estimate of drug-likeness (QED) is 0.268. The SMILES string of the molecule is CCCCCCCCCCOc1ccc(/C(O)=C/C(=O)C(F)(F)F)cc1. The second-order valence-electron chi connectivity index (χ2n) is 6.24. The van der Waals surface area contributed by atoms with E-state index in [1.165, 1.54) is 50.7 Å². The van der Waals surface area contributed by atoms with Gasteiger partial charge in [0.1, 0.15) is 11.5 Å². The van der Waals surface area contributed by atoms with Crippen LogP contribution in [0.3, 0.4) is 0 Å². The number of rotatable bonds is 12. The van der Waals surface area contributed by atoms with Crippen LogP contribution in [0.15, 0.2) is 30.3 Å². The highest BCUT2D eigenvalue weighted by Crippen LogP contribution is 2.21. The fourth-order valence-corrected chi connectivity index (χ4v) is 2.44. The third kappa shape index (κ3) is 8.92. The van der Waals surface area contributed by atoms with Crippen molar-refractivity contribution >= 4 is 11.5 Å². The van der Waals surface area contributed by atoms with Crippen molar-refractivity contribution in [2.75, 3.05) is 6.61 Å². The maximum absolute atomic E-state index is 12.2. The van der Waals surface area contributed by atoms with E-state index >= 15 is 0 Å². The highest BCUT2D eigenvalue weighted by atomic mass is 19.4. The van der Waals surface area contributed by atoms with Gasteiger partial charge in [-0.2, -0.15) is 13.2 Å². The Bertz CT molecular complexity index is 563. The molecule has 0 saturated heterocycles. The van der Waals surface area contributed by atoms with Crippen molar-refractivity contribution in [1.29, 1.82) is 0 Å². The fourth-order valence-electron chi connectivity index (χ4n) is 2.44. The average Bonchev–Trinajstić information content (AvgIpc) is 2.60. The topological polar surface area (TPSA) is 46.5 Å². The molecule has 0 spiro atoms. The minimum Gasteiger partial charge on any atom is -0.507 e. The maximum Gasteiger partial charge on any atom is 0.454 e. The van der Waals surface area contributed by atoms with Gasteiger partial charge < -0.3 is 9.84 Å². The zero-order chi connectivity index (χ0) is 19.4. The van der Waals surface area contributed by atoms with Crippen LogP contribution < -0.4 is 4.74 Å². The molecule has 6 heteroatoms. The van der Waals surface area contributed by atoms with E-state index in [2.05, 4.69) is 6.92 Å². The third-order valence-corrected chi connectivity index (χ3v) is 3.96. The average molecular weight is 372 g/mol. The van der Waals surface area contributed by atoms with Crippen molar-refractivity contribution < 1.29 is 27.8 Å². The van der Waals surface area contributed by atoms with Gasteiger partial charge in [0.05, 0.1) is 6.61 Å². The van der Waals surface area contributed by atoms with Gasteiger partial charge in [0.2, 0.25) is 0 Å². The lowest BCUT2D eigenvalue weighted by atomic mass is 10.1. The Labute approximate surface area is 152 Å². The Morgan fingerprint density at radius 3 is 2.08 bits per heavy atom. The van der Waals surface area contributed by atoms with Crippen LogP contribution in [0.25, 0.3) is 5.76 Å². The number of alkyl halides is 3. The molecule has 0 fully saturated rings. The van der Waals surface area contributed by atoms with E-state index in [4.69, 9.17) is 4.74 Å². The van der Waals surface area contributed by atoms with Crippen LogP contribution in [-0.2, 0) is 4.79 Å². The van der Waals surface area contributed by atoms with Crippen LogP contribution in [-0.4, -0.2) is 23.7 Å². The Hall–Kier alpha value is -1.98. The zero-order valence-corrected chi connectivity index (χ0v) is 15.1. The van der Waals surface area contributed by atoms with Gasteiger partial charge in [-0.05, 0) is 30.7 Å². The van der Waals surface area contributed by atoms with Crippen LogP contribution in [0, 0.1) is 0 Å². The lowest BCUT2D eigenvalue weighted by molar-refractivity contribution is -0.165. The molecule has 0 saturated carbocycles. The second-order valence-corrected chi connectivity index (χ2v) is 6.24. The van der Waals surface area contributed by atoms with E-state index < -0.39 is 17.7 Å². The number of halogens is 3. The summed E-state index contributed by atoms with van der Waals surface area (Å²) < 4.78 is 42.1. The molecule has 0 amide bonds. The van der Waals surface area contributed by atoms with Gasteiger partial charge in [0.25, 0.3) is 5.78 Å². The molecule has 1 aromatic carbocycles. The van der Waals surface area contributed by atoms with Gasteiger partial charge in [0.15, 0.2) is 0 Å². The number of benzene rings is 1. The molecule has 1 rings (SSSR count). The zero-order valence-electron chi connectivity index (χ0n) is 15.1. The number of aliphatic hydroxyl groups excluding tert-OH is 1. The number of hydrogen-bond acceptors (Lipinski definition) is 3. The fraction of sp³-hybridized carbons (Fsp3) is 0.550. The molecule has 0 bridgehead atoms. The summed E-state index contributed by atoms with van der Waals surface area (Å²) in [4.78, 5) is 10.8. The molecule has 0 unspecified atom stereocenters. The van der Waals surface area contributed by atoms with Crippen LogP contribution in [0.4, 0.5) is 13.2 Å². The molecule has 0 atom stereocenters. The Morgan fingerprint density at radius 1 is 1.00 bits per heavy atom. The molecule has 3 nitrogen and oxygen atoms in total. The van der Waals surface area contributed by atoms with Crippen LogP contribution in [0.1, 0.15) is 63.9 Å². The van der Waals surface area contributed by atoms with Crippen molar-refractivity contribution in [3.8, 4) is 5.75 Å². The molecule has 0 radical (unpaired) electrons. The van der Waals surface area contributed by atoms with Crippen LogP contribution >= 0.6 is 0 Å². The predicted octanol–water partition coefficient (Wildman–Crippen LogP) is 6.24. The maximum atomic E-state index is 12.2. The first-order valence-corrected chi connectivity index (χ1v) is 9.09. The molecular weight excluding hydrogens is 345 g/mol. The van der Waals surface area contributed by atoms with E-state index in [0.717, 1.165) is 12.8 Å². The normalized spacial score (nSPS) is 12.2. The Balaban J connectivity index is 2.30. The van der Waals surface area contributed by atoms with E-state index in [1.807, 2.05) is 0 Å². The number of ether oxygens (including phenoxy) is 1. The number of hydrogen-bond donors (Lipinski definition) is 1. The molecule has 0 aliphatic carbocycles. The molecule has 0 heterocycles. The van der Waals surface area contributed by atoms with Crippen LogP contribution in [0.2, 0.25) is 0 Å². The first kappa shape index (κ1) is 22.1. The Morgan fingerprint density at radius 2 is 1.54 bits per heavy atom. The van der Waals surface area contributed by atoms with Gasteiger partial charge in [-0.3, -0.25) is 4.79 Å². The number of ketones is 1. The van der Waals surface area contributed by atoms with E-state index in [-0.39, 0.29) is 11.6 Å². The van der Waals surface area contributed by atoms with E-state index in [0.29, 0.717) is 12.4 Å². The number of allylic oxidation sites excluding steroid dienone is 1. The van der Waals surface area contributed by atoms with Gasteiger partial charge in [-0.25, -0.2) is 0 Å². The van der Waals surface area contributed by atoms with Gasteiger partial charge in [-0.1, -0.05) is 51.9 Å². The van der Waals surface area contributed by atoms with Crippen molar-refractivity contribution in [2.24, 2.45) is 0 Å². The summed E-state index contributed by atoms with van der Waals surface area (Å²) >= 11 is 0. The summed E-state index contributed by atoms with van der Waals surface area (Å²) in [6.45, 7) is 2.77. The first-order chi connectivity index (χ1) is 12.3. The van der Waals surface area contributed by atoms with Crippen molar-refractivity contribution in [3.63, 3.8) is 0 Å². The largest absolute Gasteiger partial charge is 0.507 e. The smallest absolute Gasteiger partial charge is 0.454 e. The lowest BCUT2D eigenvalue weighted by Crippen LogP contribution is -2.20. The lowest BCUT2D eigenvalue weighted by Gasteiger charge is -2.07. The molecule has 0 aliphatic rings. The molecule has 1 aromatic rings. The van der Waals surface area contributed by atoms with Crippen LogP contribution in [0.5, 0.6) is 5.75 Å². The second kappa shape index (κ2) is 11.6. The minimum absolute atomic E-state index is 0.127. The molecule has 1 N–H and O–H groups in total. The molecule has 0 aliphatic heterocycles. The summed E-state index contributed by atoms with van der Waals surface area (Å²) in [6, 6.07) is 5.95. The van der Waals surface area contributed by atoms with Gasteiger partial charge in [-0.15, -0.1) is 0 Å². The number of carbonyl (C=O) groups is 1. The summed E-state index contributed by atoms with van der Waals surface area (Å²) in [5, 5.41) is 9.60. The van der Waals surface area contributed by atoms with Crippen molar-refractivity contribution in [3.05, 3.63) is 35.9 Å². The summed E-state index contributed by atoms with van der Waals surface area (Å²) in [7, 11) is 0. The summed E-state index contributed by atoms with van der Waals surface area (Å²) in [5.41, 5.74) is 0.127. The van der Waals surface area contributed by atoms with Crippen molar-refractivity contribution in [2.45, 2.75) is 64.5 Å². The van der Waals surface area contributed by atoms with Crippen molar-refractivity contribution in [1.82, 2.24) is 0 Å². The molecule has 0 aromatic heterocycles. The summed E-state index contributed by atoms with van der Waals surface area (Å²) in [5.74, 6) is -2.24. The highest BCUT2D eigenvalue weighted by Gasteiger charge is 2.36. The minimum atomic E-state index is -4.99. The number of carbonyl (C=O) groups excluding carboxylic acids is 1. The molecule has 26 heavy (non-hydrogen) atoms. The van der Waals surface area contributed by atoms with Gasteiger partial charge in [0, 0.05) is 11.6 Å². The first-order valence-electron chi connectivity index (χ1n) is 9.09. The highest BCUT2D eigenvalue weighted by molar-refractivity contribution is 5.99. The molecular formula is C20H27F3O3. The van der Waals surface area contributed by atoms with E-state index in [1.54, 1.807) is 12.1 Å². The summed E-state index contributed by atoms with van der Waals surface area (Å²) in [6.07, 6.45) is 4.80. The standard InChI is InChI=1S/C20H27F3O3/c1-2-3-4-5-6-7-8-9-14-26-17-12-10-16(11-13-17)18(24)15-19(25)20(21,22)23/h10-13,15,24H,2-9,14H2,1H3/b18-15-. The number of aliphatic hydroxyl groups is 1. The van der Waals surface area contributed by atoms with E-state index in [9.17, 15) is 23.1 Å². The monoisotopic (exact) mass is 372 g/mol. The Kier molecular flexibility index (Phi) is 9.84.